The van der Waals surface area contributed by atoms with E-state index in [1.165, 1.54) is 6.42 Å². The Kier molecular flexibility index (Phi) is 8.51. The summed E-state index contributed by atoms with van der Waals surface area (Å²) in [5.74, 6) is 0. The molecule has 0 atom stereocenters. The lowest BCUT2D eigenvalue weighted by molar-refractivity contribution is 0.0363. The maximum Gasteiger partial charge on any atom is 0.0992 e. The molecule has 0 heterocycles. The van der Waals surface area contributed by atoms with Crippen molar-refractivity contribution >= 4 is 0 Å². The van der Waals surface area contributed by atoms with Crippen LogP contribution in [-0.2, 0) is 4.74 Å². The highest BCUT2D eigenvalue weighted by Gasteiger charge is 1.97. The van der Waals surface area contributed by atoms with Crippen molar-refractivity contribution in [3.63, 3.8) is 0 Å². The second-order valence-electron chi connectivity index (χ2n) is 2.85. The molecule has 0 aromatic carbocycles. The molecule has 0 rings (SSSR count). The molecule has 0 aliphatic heterocycles. The zero-order valence-corrected chi connectivity index (χ0v) is 8.38. The third-order valence-electron chi connectivity index (χ3n) is 1.75. The molecule has 2 heteroatoms. The first kappa shape index (κ1) is 11.7. The monoisotopic (exact) mass is 171 g/mol. The maximum atomic E-state index is 5.46. The predicted octanol–water partition coefficient (Wildman–Crippen LogP) is 2.27. The van der Waals surface area contributed by atoms with Gasteiger partial charge in [-0.25, -0.2) is 0 Å². The highest BCUT2D eigenvalue weighted by Crippen LogP contribution is 1.92. The topological polar surface area (TPSA) is 12.5 Å². The van der Waals surface area contributed by atoms with Crippen LogP contribution in [0, 0.1) is 0 Å². The lowest BCUT2D eigenvalue weighted by Gasteiger charge is -2.17. The smallest absolute Gasteiger partial charge is 0.0992 e. The lowest BCUT2D eigenvalue weighted by atomic mass is 10.4. The van der Waals surface area contributed by atoms with Crippen LogP contribution in [0.25, 0.3) is 0 Å². The van der Waals surface area contributed by atoms with Gasteiger partial charge in [-0.3, -0.25) is 4.90 Å². The molecule has 0 unspecified atom stereocenters. The number of unbranched alkanes of at least 4 members (excludes halogenated alkanes) is 1. The van der Waals surface area contributed by atoms with Gasteiger partial charge in [-0.1, -0.05) is 26.3 Å². The minimum Gasteiger partial charge on any atom is -0.366 e. The molecule has 0 N–H and O–H groups in total. The van der Waals surface area contributed by atoms with Crippen molar-refractivity contribution in [2.75, 3.05) is 26.4 Å². The van der Waals surface area contributed by atoms with E-state index in [0.29, 0.717) is 0 Å². The van der Waals surface area contributed by atoms with Gasteiger partial charge in [0.25, 0.3) is 0 Å². The molecule has 0 amide bonds. The van der Waals surface area contributed by atoms with Gasteiger partial charge in [0.05, 0.1) is 6.73 Å². The summed E-state index contributed by atoms with van der Waals surface area (Å²) >= 11 is 0. The number of rotatable bonds is 8. The SMILES string of the molecule is C=CCN(CC)COCCCC. The Hall–Kier alpha value is -0.340. The summed E-state index contributed by atoms with van der Waals surface area (Å²) in [7, 11) is 0. The molecule has 0 saturated carbocycles. The fourth-order valence-electron chi connectivity index (χ4n) is 0.896. The van der Waals surface area contributed by atoms with Crippen LogP contribution < -0.4 is 0 Å². The largest absolute Gasteiger partial charge is 0.366 e. The molecule has 0 saturated heterocycles. The van der Waals surface area contributed by atoms with E-state index >= 15 is 0 Å². The maximum absolute atomic E-state index is 5.46. The Labute approximate surface area is 76.2 Å². The van der Waals surface area contributed by atoms with Gasteiger partial charge in [-0.05, 0) is 13.0 Å². The fourth-order valence-corrected chi connectivity index (χ4v) is 0.896. The zero-order chi connectivity index (χ0) is 9.23. The van der Waals surface area contributed by atoms with Crippen molar-refractivity contribution in [3.05, 3.63) is 12.7 Å². The Morgan fingerprint density at radius 1 is 1.42 bits per heavy atom. The van der Waals surface area contributed by atoms with Crippen molar-refractivity contribution in [2.24, 2.45) is 0 Å². The van der Waals surface area contributed by atoms with Gasteiger partial charge in [0.1, 0.15) is 0 Å². The van der Waals surface area contributed by atoms with Crippen LogP contribution in [0.1, 0.15) is 26.7 Å². The van der Waals surface area contributed by atoms with Crippen LogP contribution in [0.5, 0.6) is 0 Å². The van der Waals surface area contributed by atoms with Crippen LogP contribution in [0.4, 0.5) is 0 Å². The summed E-state index contributed by atoms with van der Waals surface area (Å²) in [5.41, 5.74) is 0. The standard InChI is InChI=1S/C10H21NO/c1-4-7-9-12-10-11(6-3)8-5-2/h5H,2,4,6-10H2,1,3H3. The Morgan fingerprint density at radius 3 is 2.67 bits per heavy atom. The number of hydrogen-bond acceptors (Lipinski definition) is 2. The molecule has 0 radical (unpaired) electrons. The van der Waals surface area contributed by atoms with Gasteiger partial charge in [0.15, 0.2) is 0 Å². The summed E-state index contributed by atoms with van der Waals surface area (Å²) in [6.07, 6.45) is 4.27. The van der Waals surface area contributed by atoms with E-state index in [1.807, 2.05) is 6.08 Å². The Balaban J connectivity index is 3.25. The van der Waals surface area contributed by atoms with Crippen molar-refractivity contribution in [1.82, 2.24) is 4.90 Å². The third kappa shape index (κ3) is 6.38. The Morgan fingerprint density at radius 2 is 2.17 bits per heavy atom. The molecule has 2 nitrogen and oxygen atoms in total. The van der Waals surface area contributed by atoms with Gasteiger partial charge >= 0.3 is 0 Å². The molecule has 0 bridgehead atoms. The molecule has 0 fully saturated rings. The summed E-state index contributed by atoms with van der Waals surface area (Å²) in [4.78, 5) is 2.21. The number of hydrogen-bond donors (Lipinski definition) is 0. The highest BCUT2D eigenvalue weighted by molar-refractivity contribution is 4.70. The van der Waals surface area contributed by atoms with E-state index < -0.39 is 0 Å². The van der Waals surface area contributed by atoms with Crippen LogP contribution in [0.3, 0.4) is 0 Å². The molecule has 0 spiro atoms. The molecule has 0 aliphatic carbocycles. The van der Waals surface area contributed by atoms with Crippen LogP contribution in [0.15, 0.2) is 12.7 Å². The van der Waals surface area contributed by atoms with E-state index in [-0.39, 0.29) is 0 Å². The van der Waals surface area contributed by atoms with E-state index in [1.54, 1.807) is 0 Å². The first-order valence-corrected chi connectivity index (χ1v) is 4.76. The van der Waals surface area contributed by atoms with E-state index in [2.05, 4.69) is 25.3 Å². The van der Waals surface area contributed by atoms with Crippen molar-refractivity contribution in [2.45, 2.75) is 26.7 Å². The zero-order valence-electron chi connectivity index (χ0n) is 8.38. The second kappa shape index (κ2) is 8.75. The highest BCUT2D eigenvalue weighted by atomic mass is 16.5. The van der Waals surface area contributed by atoms with Crippen LogP contribution >= 0.6 is 0 Å². The average molecular weight is 171 g/mol. The van der Waals surface area contributed by atoms with Gasteiger partial charge in [-0.2, -0.15) is 0 Å². The van der Waals surface area contributed by atoms with E-state index in [4.69, 9.17) is 4.74 Å². The van der Waals surface area contributed by atoms with E-state index in [0.717, 1.165) is 32.8 Å². The van der Waals surface area contributed by atoms with E-state index in [9.17, 15) is 0 Å². The quantitative estimate of drug-likeness (QED) is 0.315. The number of likely N-dealkylation sites (N-methyl/N-ethyl adjacent to an activating group) is 1. The summed E-state index contributed by atoms with van der Waals surface area (Å²) in [6, 6.07) is 0. The van der Waals surface area contributed by atoms with Gasteiger partial charge < -0.3 is 4.74 Å². The summed E-state index contributed by atoms with van der Waals surface area (Å²) in [6.45, 7) is 11.6. The minimum absolute atomic E-state index is 0.739. The van der Waals surface area contributed by atoms with Crippen molar-refractivity contribution in [3.8, 4) is 0 Å². The fraction of sp³-hybridized carbons (Fsp3) is 0.800. The Bertz CT molecular complexity index is 104. The molecule has 0 aromatic heterocycles. The van der Waals surface area contributed by atoms with Crippen molar-refractivity contribution in [1.29, 1.82) is 0 Å². The van der Waals surface area contributed by atoms with Gasteiger partial charge in [0.2, 0.25) is 0 Å². The number of nitrogens with zero attached hydrogens (tertiary/aromatic N) is 1. The molecule has 12 heavy (non-hydrogen) atoms. The lowest BCUT2D eigenvalue weighted by Crippen LogP contribution is -2.26. The summed E-state index contributed by atoms with van der Waals surface area (Å²) in [5, 5.41) is 0. The van der Waals surface area contributed by atoms with Gasteiger partial charge in [-0.15, -0.1) is 6.58 Å². The summed E-state index contributed by atoms with van der Waals surface area (Å²) < 4.78 is 5.46. The molecule has 72 valence electrons. The molecule has 0 aliphatic rings. The number of ether oxygens (including phenoxy) is 1. The average Bonchev–Trinajstić information content (AvgIpc) is 2.10. The molecular formula is C10H21NO. The second-order valence-corrected chi connectivity index (χ2v) is 2.85. The molecular weight excluding hydrogens is 150 g/mol. The predicted molar refractivity (Wildman–Crippen MR) is 53.2 cm³/mol. The third-order valence-corrected chi connectivity index (χ3v) is 1.75. The first-order chi connectivity index (χ1) is 5.85. The molecule has 0 aromatic rings. The first-order valence-electron chi connectivity index (χ1n) is 4.76. The van der Waals surface area contributed by atoms with Crippen LogP contribution in [0.2, 0.25) is 0 Å². The van der Waals surface area contributed by atoms with Crippen LogP contribution in [-0.4, -0.2) is 31.3 Å². The van der Waals surface area contributed by atoms with Gasteiger partial charge in [0, 0.05) is 13.2 Å². The minimum atomic E-state index is 0.739. The van der Waals surface area contributed by atoms with Crippen molar-refractivity contribution < 1.29 is 4.74 Å². The normalized spacial score (nSPS) is 10.6.